The summed E-state index contributed by atoms with van der Waals surface area (Å²) in [6.07, 6.45) is 3.62. The minimum absolute atomic E-state index is 0.294. The van der Waals surface area contributed by atoms with Crippen molar-refractivity contribution < 1.29 is 4.79 Å². The van der Waals surface area contributed by atoms with Crippen LogP contribution in [0.5, 0.6) is 0 Å². The summed E-state index contributed by atoms with van der Waals surface area (Å²) >= 11 is 0. The molecule has 0 atom stereocenters. The minimum Gasteiger partial charge on any atom is -0.357 e. The van der Waals surface area contributed by atoms with E-state index < -0.39 is 0 Å². The fraction of sp³-hybridized carbons (Fsp3) is 0.600. The smallest absolute Gasteiger partial charge is 0.222 e. The molecule has 0 aliphatic carbocycles. The number of hydrogen-bond donors (Lipinski definition) is 2. The number of aryl methyl sites for hydroxylation is 2. The number of nitrogens with zero attached hydrogens (tertiary/aromatic N) is 2. The number of carbonyl (C=O) groups is 1. The van der Waals surface area contributed by atoms with E-state index in [9.17, 15) is 4.79 Å². The van der Waals surface area contributed by atoms with Crippen molar-refractivity contribution >= 4 is 11.9 Å². The summed E-state index contributed by atoms with van der Waals surface area (Å²) in [5.74, 6) is 1.15. The van der Waals surface area contributed by atoms with Gasteiger partial charge in [-0.1, -0.05) is 29.3 Å². The number of rotatable bonds is 8. The summed E-state index contributed by atoms with van der Waals surface area (Å²) in [6, 6.07) is 6.69. The number of carbonyl (C=O) groups excluding carboxylic acids is 1. The van der Waals surface area contributed by atoms with Crippen LogP contribution < -0.4 is 10.6 Å². The summed E-state index contributed by atoms with van der Waals surface area (Å²) in [4.78, 5) is 18.2. The quantitative estimate of drug-likeness (QED) is 0.433. The average molecular weight is 345 g/mol. The molecule has 1 fully saturated rings. The fourth-order valence-corrected chi connectivity index (χ4v) is 3.27. The molecule has 0 bridgehead atoms. The molecule has 1 aliphatic heterocycles. The molecule has 0 spiro atoms. The fourth-order valence-electron chi connectivity index (χ4n) is 3.27. The van der Waals surface area contributed by atoms with Crippen molar-refractivity contribution in [3.63, 3.8) is 0 Å². The maximum Gasteiger partial charge on any atom is 0.222 e. The molecule has 0 unspecified atom stereocenters. The molecule has 1 aromatic carbocycles. The van der Waals surface area contributed by atoms with Gasteiger partial charge in [0.25, 0.3) is 0 Å². The van der Waals surface area contributed by atoms with Gasteiger partial charge in [0.1, 0.15) is 0 Å². The van der Waals surface area contributed by atoms with Crippen molar-refractivity contribution in [3.05, 3.63) is 34.9 Å². The van der Waals surface area contributed by atoms with Crippen LogP contribution in [0, 0.1) is 13.8 Å². The highest BCUT2D eigenvalue weighted by Gasteiger charge is 2.18. The maximum atomic E-state index is 11.6. The van der Waals surface area contributed by atoms with Crippen LogP contribution >= 0.6 is 0 Å². The highest BCUT2D eigenvalue weighted by Crippen LogP contribution is 2.10. The lowest BCUT2D eigenvalue weighted by atomic mass is 10.1. The van der Waals surface area contributed by atoms with Gasteiger partial charge in [0.2, 0.25) is 5.91 Å². The molecule has 1 amide bonds. The first-order valence-electron chi connectivity index (χ1n) is 9.45. The lowest BCUT2D eigenvalue weighted by Crippen LogP contribution is -2.38. The Balaban J connectivity index is 1.74. The van der Waals surface area contributed by atoms with Crippen LogP contribution in [-0.2, 0) is 11.2 Å². The summed E-state index contributed by atoms with van der Waals surface area (Å²) in [7, 11) is 0. The van der Waals surface area contributed by atoms with Gasteiger partial charge in [-0.05, 0) is 45.6 Å². The summed E-state index contributed by atoms with van der Waals surface area (Å²) < 4.78 is 0. The van der Waals surface area contributed by atoms with E-state index >= 15 is 0 Å². The lowest BCUT2D eigenvalue weighted by Gasteiger charge is -2.15. The standard InChI is InChI=1S/C20H32N4O/c1-4-21-20(22-9-6-12-24-11-5-7-19(24)25)23-10-8-18-14-16(2)13-17(3)15-18/h13-15H,4-12H2,1-3H3,(H2,21,22,23). The van der Waals surface area contributed by atoms with Crippen LogP contribution in [0.15, 0.2) is 23.2 Å². The Morgan fingerprint density at radius 1 is 1.20 bits per heavy atom. The van der Waals surface area contributed by atoms with Gasteiger partial charge < -0.3 is 15.5 Å². The molecule has 1 aromatic rings. The molecular formula is C20H32N4O. The zero-order valence-electron chi connectivity index (χ0n) is 15.9. The van der Waals surface area contributed by atoms with Crippen LogP contribution in [-0.4, -0.2) is 49.5 Å². The van der Waals surface area contributed by atoms with Crippen LogP contribution in [0.2, 0.25) is 0 Å². The van der Waals surface area contributed by atoms with E-state index in [0.717, 1.165) is 57.9 Å². The van der Waals surface area contributed by atoms with Gasteiger partial charge in [0.05, 0.1) is 0 Å². The number of aliphatic imine (C=N–C) groups is 1. The van der Waals surface area contributed by atoms with Crippen LogP contribution in [0.25, 0.3) is 0 Å². The second kappa shape index (κ2) is 10.1. The van der Waals surface area contributed by atoms with Crippen molar-refractivity contribution in [2.24, 2.45) is 4.99 Å². The second-order valence-corrected chi connectivity index (χ2v) is 6.77. The van der Waals surface area contributed by atoms with E-state index in [2.05, 4.69) is 54.6 Å². The molecular weight excluding hydrogens is 312 g/mol. The molecule has 5 heteroatoms. The number of hydrogen-bond acceptors (Lipinski definition) is 2. The summed E-state index contributed by atoms with van der Waals surface area (Å²) in [5, 5.41) is 6.69. The number of nitrogens with one attached hydrogen (secondary N) is 2. The van der Waals surface area contributed by atoms with Crippen LogP contribution in [0.1, 0.15) is 42.9 Å². The Labute approximate surface area is 151 Å². The van der Waals surface area contributed by atoms with E-state index in [-0.39, 0.29) is 0 Å². The Kier molecular flexibility index (Phi) is 7.76. The lowest BCUT2D eigenvalue weighted by molar-refractivity contribution is -0.127. The van der Waals surface area contributed by atoms with E-state index in [1.165, 1.54) is 16.7 Å². The molecule has 2 N–H and O–H groups in total. The largest absolute Gasteiger partial charge is 0.357 e. The summed E-state index contributed by atoms with van der Waals surface area (Å²) in [6.45, 7) is 10.5. The van der Waals surface area contributed by atoms with Gasteiger partial charge in [-0.3, -0.25) is 9.79 Å². The van der Waals surface area contributed by atoms with E-state index in [0.29, 0.717) is 12.3 Å². The molecule has 2 rings (SSSR count). The van der Waals surface area contributed by atoms with Gasteiger partial charge in [-0.15, -0.1) is 0 Å². The van der Waals surface area contributed by atoms with Gasteiger partial charge in [0.15, 0.2) is 5.96 Å². The highest BCUT2D eigenvalue weighted by molar-refractivity contribution is 5.79. The predicted octanol–water partition coefficient (Wildman–Crippen LogP) is 2.41. The Morgan fingerprint density at radius 3 is 2.60 bits per heavy atom. The topological polar surface area (TPSA) is 56.7 Å². The van der Waals surface area contributed by atoms with Crippen molar-refractivity contribution in [3.8, 4) is 0 Å². The Hall–Kier alpha value is -2.04. The molecule has 0 aromatic heterocycles. The van der Waals surface area contributed by atoms with Crippen LogP contribution in [0.3, 0.4) is 0 Å². The minimum atomic E-state index is 0.294. The van der Waals surface area contributed by atoms with Gasteiger partial charge >= 0.3 is 0 Å². The van der Waals surface area contributed by atoms with Gasteiger partial charge in [-0.2, -0.15) is 0 Å². The molecule has 0 radical (unpaired) electrons. The molecule has 1 heterocycles. The van der Waals surface area contributed by atoms with Crippen LogP contribution in [0.4, 0.5) is 0 Å². The van der Waals surface area contributed by atoms with E-state index in [4.69, 9.17) is 0 Å². The third-order valence-corrected chi connectivity index (χ3v) is 4.36. The molecule has 1 aliphatic rings. The molecule has 138 valence electrons. The normalized spacial score (nSPS) is 14.9. The zero-order valence-corrected chi connectivity index (χ0v) is 15.9. The van der Waals surface area contributed by atoms with Gasteiger partial charge in [-0.25, -0.2) is 0 Å². The van der Waals surface area contributed by atoms with E-state index in [1.807, 2.05) is 4.90 Å². The Bertz CT molecular complexity index is 577. The molecule has 1 saturated heterocycles. The van der Waals surface area contributed by atoms with Gasteiger partial charge in [0, 0.05) is 39.1 Å². The zero-order chi connectivity index (χ0) is 18.1. The average Bonchev–Trinajstić information content (AvgIpc) is 2.95. The predicted molar refractivity (Wildman–Crippen MR) is 104 cm³/mol. The van der Waals surface area contributed by atoms with Crippen molar-refractivity contribution in [2.75, 3.05) is 32.7 Å². The molecule has 5 nitrogen and oxygen atoms in total. The van der Waals surface area contributed by atoms with E-state index in [1.54, 1.807) is 0 Å². The first kappa shape index (κ1) is 19.3. The second-order valence-electron chi connectivity index (χ2n) is 6.77. The number of likely N-dealkylation sites (tertiary alicyclic amines) is 1. The number of guanidine groups is 1. The SMILES string of the molecule is CCNC(=NCCCN1CCCC1=O)NCCc1cc(C)cc(C)c1. The summed E-state index contributed by atoms with van der Waals surface area (Å²) in [5.41, 5.74) is 3.98. The Morgan fingerprint density at radius 2 is 1.96 bits per heavy atom. The van der Waals surface area contributed by atoms with Crippen molar-refractivity contribution in [1.82, 2.24) is 15.5 Å². The molecule has 25 heavy (non-hydrogen) atoms. The number of amides is 1. The number of benzene rings is 1. The maximum absolute atomic E-state index is 11.6. The van der Waals surface area contributed by atoms with Crippen molar-refractivity contribution in [2.45, 2.75) is 46.5 Å². The highest BCUT2D eigenvalue weighted by atomic mass is 16.2. The molecule has 0 saturated carbocycles. The first-order valence-corrected chi connectivity index (χ1v) is 9.45. The monoisotopic (exact) mass is 344 g/mol. The third-order valence-electron chi connectivity index (χ3n) is 4.36. The van der Waals surface area contributed by atoms with Crippen molar-refractivity contribution in [1.29, 1.82) is 0 Å². The third kappa shape index (κ3) is 6.77. The first-order chi connectivity index (χ1) is 12.1.